The summed E-state index contributed by atoms with van der Waals surface area (Å²) in [5, 5.41) is 8.91. The molecule has 1 heterocycles. The normalized spacial score (nSPS) is 22.2. The van der Waals surface area contributed by atoms with E-state index in [0.29, 0.717) is 5.92 Å². The molecule has 1 fully saturated rings. The molecule has 0 aromatic rings. The van der Waals surface area contributed by atoms with Gasteiger partial charge in [-0.3, -0.25) is 4.79 Å². The minimum Gasteiger partial charge on any atom is -0.480 e. The third-order valence-electron chi connectivity index (χ3n) is 3.53. The van der Waals surface area contributed by atoms with E-state index in [1.54, 1.807) is 14.0 Å². The first-order valence-corrected chi connectivity index (χ1v) is 6.54. The Morgan fingerprint density at radius 1 is 1.39 bits per heavy atom. The fourth-order valence-electron chi connectivity index (χ4n) is 2.36. The van der Waals surface area contributed by atoms with Crippen LogP contribution in [-0.4, -0.2) is 59.5 Å². The van der Waals surface area contributed by atoms with Crippen LogP contribution in [0.3, 0.4) is 0 Å². The van der Waals surface area contributed by atoms with Crippen LogP contribution < -0.4 is 0 Å². The number of carbonyl (C=O) groups is 2. The molecule has 1 aliphatic rings. The Kier molecular flexibility index (Phi) is 5.14. The standard InChI is InChI=1S/C13H24N2O3/c1-9(2)7-15-6-5-11(8-15)12(16)14(4)10(3)13(17)18/h9-11H,5-8H2,1-4H3,(H,17,18)/t10-,11+/m0/s1. The first-order valence-electron chi connectivity index (χ1n) is 6.54. The fourth-order valence-corrected chi connectivity index (χ4v) is 2.36. The number of aliphatic carboxylic acids is 1. The van der Waals surface area contributed by atoms with E-state index < -0.39 is 12.0 Å². The topological polar surface area (TPSA) is 60.9 Å². The maximum Gasteiger partial charge on any atom is 0.326 e. The van der Waals surface area contributed by atoms with Gasteiger partial charge in [-0.2, -0.15) is 0 Å². The van der Waals surface area contributed by atoms with Crippen molar-refractivity contribution >= 4 is 11.9 Å². The average molecular weight is 256 g/mol. The van der Waals surface area contributed by atoms with Crippen molar-refractivity contribution in [2.75, 3.05) is 26.7 Å². The zero-order valence-electron chi connectivity index (χ0n) is 11.7. The molecule has 1 saturated heterocycles. The van der Waals surface area contributed by atoms with Crippen LogP contribution in [0.25, 0.3) is 0 Å². The van der Waals surface area contributed by atoms with Crippen molar-refractivity contribution in [3.05, 3.63) is 0 Å². The van der Waals surface area contributed by atoms with Crippen molar-refractivity contribution in [1.82, 2.24) is 9.80 Å². The van der Waals surface area contributed by atoms with Crippen LogP contribution in [0.4, 0.5) is 0 Å². The predicted molar refractivity (Wildman–Crippen MR) is 69.3 cm³/mol. The van der Waals surface area contributed by atoms with Gasteiger partial charge in [0.15, 0.2) is 0 Å². The van der Waals surface area contributed by atoms with Crippen LogP contribution in [-0.2, 0) is 9.59 Å². The molecule has 1 rings (SSSR count). The highest BCUT2D eigenvalue weighted by Gasteiger charge is 2.33. The fraction of sp³-hybridized carbons (Fsp3) is 0.846. The number of carbonyl (C=O) groups excluding carboxylic acids is 1. The van der Waals surface area contributed by atoms with E-state index in [0.717, 1.165) is 26.1 Å². The molecule has 0 aromatic heterocycles. The molecular weight excluding hydrogens is 232 g/mol. The number of nitrogens with zero attached hydrogens (tertiary/aromatic N) is 2. The minimum atomic E-state index is -0.956. The molecule has 2 atom stereocenters. The maximum atomic E-state index is 12.2. The lowest BCUT2D eigenvalue weighted by Gasteiger charge is -2.25. The summed E-state index contributed by atoms with van der Waals surface area (Å²) in [5.41, 5.74) is 0. The van der Waals surface area contributed by atoms with Crippen LogP contribution in [0.1, 0.15) is 27.2 Å². The van der Waals surface area contributed by atoms with Gasteiger partial charge < -0.3 is 14.9 Å². The van der Waals surface area contributed by atoms with Crippen LogP contribution in [0.2, 0.25) is 0 Å². The number of likely N-dealkylation sites (N-methyl/N-ethyl adjacent to an activating group) is 1. The van der Waals surface area contributed by atoms with Crippen molar-refractivity contribution in [2.45, 2.75) is 33.2 Å². The van der Waals surface area contributed by atoms with Crippen LogP contribution in [0, 0.1) is 11.8 Å². The van der Waals surface area contributed by atoms with Crippen LogP contribution in [0.15, 0.2) is 0 Å². The summed E-state index contributed by atoms with van der Waals surface area (Å²) in [7, 11) is 1.58. The number of rotatable bonds is 5. The van der Waals surface area contributed by atoms with Crippen molar-refractivity contribution in [3.8, 4) is 0 Å². The number of likely N-dealkylation sites (tertiary alicyclic amines) is 1. The molecule has 0 aromatic carbocycles. The van der Waals surface area contributed by atoms with Crippen molar-refractivity contribution < 1.29 is 14.7 Å². The molecule has 0 unspecified atom stereocenters. The molecular formula is C13H24N2O3. The van der Waals surface area contributed by atoms with Gasteiger partial charge in [-0.1, -0.05) is 13.8 Å². The summed E-state index contributed by atoms with van der Waals surface area (Å²) in [6, 6.07) is -0.753. The quantitative estimate of drug-likeness (QED) is 0.794. The zero-order valence-corrected chi connectivity index (χ0v) is 11.7. The summed E-state index contributed by atoms with van der Waals surface area (Å²) < 4.78 is 0. The van der Waals surface area contributed by atoms with Gasteiger partial charge in [0.2, 0.25) is 5.91 Å². The Morgan fingerprint density at radius 2 is 2.00 bits per heavy atom. The molecule has 5 heteroatoms. The zero-order chi connectivity index (χ0) is 13.9. The highest BCUT2D eigenvalue weighted by Crippen LogP contribution is 2.20. The molecule has 5 nitrogen and oxygen atoms in total. The highest BCUT2D eigenvalue weighted by atomic mass is 16.4. The number of hydrogen-bond donors (Lipinski definition) is 1. The van der Waals surface area contributed by atoms with Gasteiger partial charge in [-0.15, -0.1) is 0 Å². The summed E-state index contributed by atoms with van der Waals surface area (Å²) in [5.74, 6) is -0.455. The second kappa shape index (κ2) is 6.18. The summed E-state index contributed by atoms with van der Waals surface area (Å²) >= 11 is 0. The maximum absolute atomic E-state index is 12.2. The summed E-state index contributed by atoms with van der Waals surface area (Å²) in [6.07, 6.45) is 0.836. The van der Waals surface area contributed by atoms with Crippen LogP contribution >= 0.6 is 0 Å². The van der Waals surface area contributed by atoms with E-state index in [2.05, 4.69) is 18.7 Å². The monoisotopic (exact) mass is 256 g/mol. The van der Waals surface area contributed by atoms with Crippen molar-refractivity contribution in [1.29, 1.82) is 0 Å². The number of carboxylic acid groups (broad SMARTS) is 1. The average Bonchev–Trinajstić information content (AvgIpc) is 2.73. The van der Waals surface area contributed by atoms with Gasteiger partial charge in [0.25, 0.3) is 0 Å². The molecule has 0 bridgehead atoms. The molecule has 0 saturated carbocycles. The summed E-state index contributed by atoms with van der Waals surface area (Å²) in [4.78, 5) is 26.7. The molecule has 104 valence electrons. The van der Waals surface area contributed by atoms with E-state index in [4.69, 9.17) is 5.11 Å². The molecule has 1 aliphatic heterocycles. The molecule has 0 aliphatic carbocycles. The first-order chi connectivity index (χ1) is 8.32. The predicted octanol–water partition coefficient (Wildman–Crippen LogP) is 0.896. The lowest BCUT2D eigenvalue weighted by molar-refractivity contribution is -0.149. The van der Waals surface area contributed by atoms with E-state index in [1.165, 1.54) is 4.90 Å². The Labute approximate surface area is 109 Å². The number of carboxylic acids is 1. The van der Waals surface area contributed by atoms with E-state index >= 15 is 0 Å². The lowest BCUT2D eigenvalue weighted by Crippen LogP contribution is -2.44. The van der Waals surface area contributed by atoms with Crippen molar-refractivity contribution in [2.24, 2.45) is 11.8 Å². The minimum absolute atomic E-state index is 0.0452. The Bertz CT molecular complexity index is 317. The molecule has 1 N–H and O–H groups in total. The lowest BCUT2D eigenvalue weighted by atomic mass is 10.1. The first kappa shape index (κ1) is 15.0. The Balaban J connectivity index is 2.51. The van der Waals surface area contributed by atoms with Crippen molar-refractivity contribution in [3.63, 3.8) is 0 Å². The van der Waals surface area contributed by atoms with E-state index in [-0.39, 0.29) is 11.8 Å². The molecule has 0 radical (unpaired) electrons. The molecule has 0 spiro atoms. The smallest absolute Gasteiger partial charge is 0.326 e. The van der Waals surface area contributed by atoms with Gasteiger partial charge in [-0.05, 0) is 25.8 Å². The third-order valence-corrected chi connectivity index (χ3v) is 3.53. The van der Waals surface area contributed by atoms with Gasteiger partial charge in [-0.25, -0.2) is 4.79 Å². The highest BCUT2D eigenvalue weighted by molar-refractivity contribution is 5.84. The molecule has 18 heavy (non-hydrogen) atoms. The third kappa shape index (κ3) is 3.70. The van der Waals surface area contributed by atoms with Gasteiger partial charge >= 0.3 is 5.97 Å². The van der Waals surface area contributed by atoms with Crippen LogP contribution in [0.5, 0.6) is 0 Å². The largest absolute Gasteiger partial charge is 0.480 e. The number of amides is 1. The summed E-state index contributed by atoms with van der Waals surface area (Å²) in [6.45, 7) is 8.56. The second-order valence-electron chi connectivity index (χ2n) is 5.60. The number of hydrogen-bond acceptors (Lipinski definition) is 3. The second-order valence-corrected chi connectivity index (χ2v) is 5.60. The van der Waals surface area contributed by atoms with Gasteiger partial charge in [0.05, 0.1) is 5.92 Å². The van der Waals surface area contributed by atoms with Gasteiger partial charge in [0.1, 0.15) is 6.04 Å². The Hall–Kier alpha value is -1.10. The molecule has 1 amide bonds. The van der Waals surface area contributed by atoms with E-state index in [1.807, 2.05) is 0 Å². The van der Waals surface area contributed by atoms with Gasteiger partial charge in [0, 0.05) is 20.1 Å². The Morgan fingerprint density at radius 3 is 2.50 bits per heavy atom. The van der Waals surface area contributed by atoms with E-state index in [9.17, 15) is 9.59 Å². The SMILES string of the molecule is CC(C)CN1CC[C@@H](C(=O)N(C)[C@@H](C)C(=O)O)C1.